The molecule has 1 heterocycles. The van der Waals surface area contributed by atoms with Crippen LogP contribution in [-0.4, -0.2) is 11.6 Å². The second kappa shape index (κ2) is 5.74. The maximum Gasteiger partial charge on any atom is 0.271 e. The topological polar surface area (TPSA) is 54.6 Å². The van der Waals surface area contributed by atoms with Crippen LogP contribution in [0.3, 0.4) is 0 Å². The third kappa shape index (κ3) is 2.96. The second-order valence-corrected chi connectivity index (χ2v) is 4.78. The van der Waals surface area contributed by atoms with Crippen molar-refractivity contribution in [2.24, 2.45) is 5.10 Å². The predicted molar refractivity (Wildman–Crippen MR) is 79.0 cm³/mol. The summed E-state index contributed by atoms with van der Waals surface area (Å²) in [6.07, 6.45) is 0. The molecule has 0 spiro atoms. The van der Waals surface area contributed by atoms with Crippen molar-refractivity contribution in [3.05, 3.63) is 58.5 Å². The first-order valence-corrected chi connectivity index (χ1v) is 6.46. The van der Waals surface area contributed by atoms with E-state index in [0.29, 0.717) is 5.56 Å². The fraction of sp³-hybridized carbons (Fsp3) is 0.250. The van der Waals surface area contributed by atoms with Crippen molar-refractivity contribution in [3.63, 3.8) is 0 Å². The van der Waals surface area contributed by atoms with Crippen LogP contribution in [0.1, 0.15) is 39.9 Å². The molecule has 0 radical (unpaired) electrons. The molecule has 0 bridgehead atoms. The quantitative estimate of drug-likeness (QED) is 0.686. The van der Waals surface area contributed by atoms with E-state index in [1.807, 2.05) is 52.0 Å². The number of benzene rings is 1. The van der Waals surface area contributed by atoms with Crippen LogP contribution in [0.15, 0.2) is 39.9 Å². The molecule has 2 aromatic rings. The molecule has 0 aliphatic rings. The van der Waals surface area contributed by atoms with Crippen LogP contribution in [0.5, 0.6) is 0 Å². The van der Waals surface area contributed by atoms with Crippen LogP contribution in [-0.2, 0) is 0 Å². The molecule has 1 aromatic heterocycles. The number of amides is 1. The lowest BCUT2D eigenvalue weighted by Crippen LogP contribution is -2.20. The lowest BCUT2D eigenvalue weighted by Gasteiger charge is -2.04. The lowest BCUT2D eigenvalue weighted by molar-refractivity contribution is 0.0954. The fourth-order valence-corrected chi connectivity index (χ4v) is 2.07. The zero-order chi connectivity index (χ0) is 14.7. The lowest BCUT2D eigenvalue weighted by atomic mass is 10.1. The molecule has 0 saturated heterocycles. The number of rotatable bonds is 3. The van der Waals surface area contributed by atoms with Crippen molar-refractivity contribution < 1.29 is 9.21 Å². The second-order valence-electron chi connectivity index (χ2n) is 4.78. The van der Waals surface area contributed by atoms with Gasteiger partial charge >= 0.3 is 0 Å². The summed E-state index contributed by atoms with van der Waals surface area (Å²) in [5.74, 6) is 1.42. The Labute approximate surface area is 118 Å². The molecule has 0 saturated carbocycles. The Morgan fingerprint density at radius 2 is 1.85 bits per heavy atom. The van der Waals surface area contributed by atoms with E-state index in [1.165, 1.54) is 0 Å². The van der Waals surface area contributed by atoms with E-state index in [9.17, 15) is 4.79 Å². The van der Waals surface area contributed by atoms with Crippen LogP contribution in [0.25, 0.3) is 0 Å². The average Bonchev–Trinajstić information content (AvgIpc) is 2.75. The zero-order valence-electron chi connectivity index (χ0n) is 12.2. The van der Waals surface area contributed by atoms with E-state index in [-0.39, 0.29) is 5.91 Å². The fourth-order valence-electron chi connectivity index (χ4n) is 2.07. The number of furan rings is 1. The molecule has 0 aliphatic carbocycles. The maximum absolute atomic E-state index is 12.0. The Hall–Kier alpha value is -2.36. The molecule has 1 aromatic carbocycles. The minimum atomic E-state index is -0.208. The summed E-state index contributed by atoms with van der Waals surface area (Å²) in [7, 11) is 0. The van der Waals surface area contributed by atoms with Crippen molar-refractivity contribution >= 4 is 11.6 Å². The van der Waals surface area contributed by atoms with Crippen molar-refractivity contribution in [3.8, 4) is 0 Å². The summed E-state index contributed by atoms with van der Waals surface area (Å²) < 4.78 is 5.45. The standard InChI is InChI=1S/C16H18N2O2/c1-10-7-5-6-8-14(10)16(19)18-17-12(3)15-9-11(2)20-13(15)4/h5-9H,1-4H3,(H,18,19)/b17-12-. The highest BCUT2D eigenvalue weighted by molar-refractivity contribution is 6.01. The van der Waals surface area contributed by atoms with Gasteiger partial charge in [0.1, 0.15) is 11.5 Å². The summed E-state index contributed by atoms with van der Waals surface area (Å²) in [5.41, 5.74) is 5.77. The van der Waals surface area contributed by atoms with Crippen LogP contribution >= 0.6 is 0 Å². The van der Waals surface area contributed by atoms with Crippen LogP contribution in [0, 0.1) is 20.8 Å². The monoisotopic (exact) mass is 270 g/mol. The first kappa shape index (κ1) is 14.1. The van der Waals surface area contributed by atoms with E-state index in [0.717, 1.165) is 28.4 Å². The Kier molecular flexibility index (Phi) is 4.03. The van der Waals surface area contributed by atoms with Gasteiger partial charge in [-0.2, -0.15) is 5.10 Å². The Morgan fingerprint density at radius 1 is 1.15 bits per heavy atom. The number of hydrogen-bond acceptors (Lipinski definition) is 3. The summed E-state index contributed by atoms with van der Waals surface area (Å²) in [4.78, 5) is 12.0. The number of nitrogens with one attached hydrogen (secondary N) is 1. The van der Waals surface area contributed by atoms with Crippen molar-refractivity contribution in [2.45, 2.75) is 27.7 Å². The van der Waals surface area contributed by atoms with E-state index >= 15 is 0 Å². The van der Waals surface area contributed by atoms with Gasteiger partial charge < -0.3 is 4.42 Å². The highest BCUT2D eigenvalue weighted by Crippen LogP contribution is 2.14. The molecule has 4 heteroatoms. The number of hydrazone groups is 1. The summed E-state index contributed by atoms with van der Waals surface area (Å²) in [6.45, 7) is 7.50. The highest BCUT2D eigenvalue weighted by atomic mass is 16.3. The molecule has 1 N–H and O–H groups in total. The van der Waals surface area contributed by atoms with E-state index in [1.54, 1.807) is 6.07 Å². The van der Waals surface area contributed by atoms with Gasteiger partial charge in [-0.25, -0.2) is 5.43 Å². The molecule has 0 aliphatic heterocycles. The van der Waals surface area contributed by atoms with Crippen molar-refractivity contribution in [1.82, 2.24) is 5.43 Å². The van der Waals surface area contributed by atoms with Gasteiger partial charge in [-0.1, -0.05) is 18.2 Å². The Morgan fingerprint density at radius 3 is 2.45 bits per heavy atom. The van der Waals surface area contributed by atoms with Gasteiger partial charge in [0.25, 0.3) is 5.91 Å². The molecular weight excluding hydrogens is 252 g/mol. The van der Waals surface area contributed by atoms with Crippen molar-refractivity contribution in [1.29, 1.82) is 0 Å². The van der Waals surface area contributed by atoms with Gasteiger partial charge in [0.05, 0.1) is 5.71 Å². The zero-order valence-corrected chi connectivity index (χ0v) is 12.2. The minimum Gasteiger partial charge on any atom is -0.466 e. The normalized spacial score (nSPS) is 11.5. The molecule has 20 heavy (non-hydrogen) atoms. The van der Waals surface area contributed by atoms with Gasteiger partial charge in [-0.05, 0) is 45.4 Å². The van der Waals surface area contributed by atoms with Crippen LogP contribution in [0.4, 0.5) is 0 Å². The van der Waals surface area contributed by atoms with E-state index < -0.39 is 0 Å². The Bertz CT molecular complexity index is 669. The maximum atomic E-state index is 12.0. The number of carbonyl (C=O) groups excluding carboxylic acids is 1. The molecule has 0 atom stereocenters. The summed E-state index contributed by atoms with van der Waals surface area (Å²) in [6, 6.07) is 9.33. The van der Waals surface area contributed by atoms with Gasteiger partial charge in [-0.3, -0.25) is 4.79 Å². The molecule has 0 fully saturated rings. The van der Waals surface area contributed by atoms with Gasteiger partial charge in [0.15, 0.2) is 0 Å². The van der Waals surface area contributed by atoms with Gasteiger partial charge in [0.2, 0.25) is 0 Å². The molecule has 4 nitrogen and oxygen atoms in total. The number of hydrogen-bond donors (Lipinski definition) is 1. The third-order valence-electron chi connectivity index (χ3n) is 3.15. The van der Waals surface area contributed by atoms with Crippen LogP contribution < -0.4 is 5.43 Å². The largest absolute Gasteiger partial charge is 0.466 e. The SMILES string of the molecule is C/C(=N/NC(=O)c1ccccc1C)c1cc(C)oc1C. The predicted octanol–water partition coefficient (Wildman–Crippen LogP) is 3.36. The molecular formula is C16H18N2O2. The molecule has 1 amide bonds. The summed E-state index contributed by atoms with van der Waals surface area (Å²) in [5, 5.41) is 4.14. The van der Waals surface area contributed by atoms with Gasteiger partial charge in [0, 0.05) is 11.1 Å². The summed E-state index contributed by atoms with van der Waals surface area (Å²) >= 11 is 0. The molecule has 0 unspecified atom stereocenters. The first-order chi connectivity index (χ1) is 9.49. The average molecular weight is 270 g/mol. The van der Waals surface area contributed by atoms with E-state index in [2.05, 4.69) is 10.5 Å². The minimum absolute atomic E-state index is 0.208. The molecule has 104 valence electrons. The smallest absolute Gasteiger partial charge is 0.271 e. The van der Waals surface area contributed by atoms with Crippen LogP contribution in [0.2, 0.25) is 0 Å². The molecule has 2 rings (SSSR count). The first-order valence-electron chi connectivity index (χ1n) is 6.46. The van der Waals surface area contributed by atoms with Gasteiger partial charge in [-0.15, -0.1) is 0 Å². The number of nitrogens with zero attached hydrogens (tertiary/aromatic N) is 1. The number of carbonyl (C=O) groups is 1. The number of aryl methyl sites for hydroxylation is 3. The van der Waals surface area contributed by atoms with E-state index in [4.69, 9.17) is 4.42 Å². The third-order valence-corrected chi connectivity index (χ3v) is 3.15. The van der Waals surface area contributed by atoms with Crippen molar-refractivity contribution in [2.75, 3.05) is 0 Å². The Balaban J connectivity index is 2.15. The highest BCUT2D eigenvalue weighted by Gasteiger charge is 2.10.